The van der Waals surface area contributed by atoms with E-state index in [4.69, 9.17) is 28.4 Å². The maximum Gasteiger partial charge on any atom is 0.344 e. The molecule has 0 amide bonds. The van der Waals surface area contributed by atoms with Gasteiger partial charge in [-0.1, -0.05) is 43.8 Å². The summed E-state index contributed by atoms with van der Waals surface area (Å²) in [5.41, 5.74) is 0.864. The van der Waals surface area contributed by atoms with Gasteiger partial charge in [-0.05, 0) is 103 Å². The molecule has 1 spiro atoms. The van der Waals surface area contributed by atoms with Gasteiger partial charge in [-0.15, -0.1) is 0 Å². The molecule has 1 saturated heterocycles. The molecule has 2 aliphatic carbocycles. The minimum absolute atomic E-state index is 0.0547. The van der Waals surface area contributed by atoms with Gasteiger partial charge in [-0.25, -0.2) is 9.59 Å². The zero-order valence-corrected chi connectivity index (χ0v) is 27.8. The number of rotatable bonds is 10. The number of carbonyl (C=O) groups is 2. The van der Waals surface area contributed by atoms with E-state index >= 15 is 0 Å². The van der Waals surface area contributed by atoms with Crippen LogP contribution >= 0.6 is 11.8 Å². The maximum absolute atomic E-state index is 13.2. The lowest BCUT2D eigenvalue weighted by molar-refractivity contribution is -0.300. The summed E-state index contributed by atoms with van der Waals surface area (Å²) in [7, 11) is 0. The van der Waals surface area contributed by atoms with E-state index in [1.807, 2.05) is 30.3 Å². The van der Waals surface area contributed by atoms with Gasteiger partial charge in [0.05, 0.1) is 17.1 Å². The van der Waals surface area contributed by atoms with Gasteiger partial charge < -0.3 is 28.4 Å². The zero-order chi connectivity index (χ0) is 31.7. The highest BCUT2D eigenvalue weighted by Crippen LogP contribution is 2.57. The fourth-order valence-corrected chi connectivity index (χ4v) is 8.80. The summed E-state index contributed by atoms with van der Waals surface area (Å²) in [6.07, 6.45) is 9.91. The van der Waals surface area contributed by atoms with E-state index in [0.29, 0.717) is 11.5 Å². The molecule has 3 fully saturated rings. The van der Waals surface area contributed by atoms with Crippen molar-refractivity contribution in [2.24, 2.45) is 0 Å². The SMILES string of the molecule is CCC1(OC(=O)COc2ccc3c(c2OCC(=O)OC2(CC)CCCC2)Sc2ccccc2C32OC(C)CC(C)O2)CCCC1. The normalized spacial score (nSPS) is 26.1. The Morgan fingerprint density at radius 1 is 0.778 bits per heavy atom. The van der Waals surface area contributed by atoms with E-state index in [1.165, 1.54) is 11.8 Å². The molecule has 2 aromatic rings. The average Bonchev–Trinajstić information content (AvgIpc) is 3.69. The number of ether oxygens (including phenoxy) is 6. The largest absolute Gasteiger partial charge is 0.478 e. The maximum atomic E-state index is 13.2. The van der Waals surface area contributed by atoms with Crippen molar-refractivity contribution in [3.05, 3.63) is 47.5 Å². The Labute approximate surface area is 270 Å². The topological polar surface area (TPSA) is 89.5 Å². The van der Waals surface area contributed by atoms with Gasteiger partial charge >= 0.3 is 11.9 Å². The lowest BCUT2D eigenvalue weighted by Crippen LogP contribution is -2.47. The third kappa shape index (κ3) is 6.45. The average molecular weight is 639 g/mol. The zero-order valence-electron chi connectivity index (χ0n) is 27.0. The Balaban J connectivity index is 1.32. The Kier molecular flexibility index (Phi) is 9.42. The molecule has 8 nitrogen and oxygen atoms in total. The van der Waals surface area contributed by atoms with Gasteiger partial charge in [0.15, 0.2) is 24.7 Å². The quantitative estimate of drug-likeness (QED) is 0.241. The molecule has 244 valence electrons. The summed E-state index contributed by atoms with van der Waals surface area (Å²) in [6, 6.07) is 11.7. The van der Waals surface area contributed by atoms with Crippen LogP contribution in [0, 0.1) is 0 Å². The first-order chi connectivity index (χ1) is 21.7. The first kappa shape index (κ1) is 32.2. The molecular formula is C36H46O8S. The van der Waals surface area contributed by atoms with Crippen molar-refractivity contribution in [2.75, 3.05) is 13.2 Å². The summed E-state index contributed by atoms with van der Waals surface area (Å²) >= 11 is 1.51. The van der Waals surface area contributed by atoms with Gasteiger partial charge in [0.2, 0.25) is 5.79 Å². The summed E-state index contributed by atoms with van der Waals surface area (Å²) in [5.74, 6) is -1.28. The van der Waals surface area contributed by atoms with Gasteiger partial charge in [-0.3, -0.25) is 0 Å². The van der Waals surface area contributed by atoms with Gasteiger partial charge in [-0.2, -0.15) is 0 Å². The highest BCUT2D eigenvalue weighted by molar-refractivity contribution is 7.99. The second-order valence-electron chi connectivity index (χ2n) is 13.1. The van der Waals surface area contributed by atoms with Gasteiger partial charge in [0, 0.05) is 16.0 Å². The van der Waals surface area contributed by atoms with E-state index < -0.39 is 28.9 Å². The Morgan fingerprint density at radius 2 is 1.33 bits per heavy atom. The molecule has 0 radical (unpaired) electrons. The molecule has 2 atom stereocenters. The summed E-state index contributed by atoms with van der Waals surface area (Å²) in [6.45, 7) is 7.67. The smallest absolute Gasteiger partial charge is 0.344 e. The molecule has 6 rings (SSSR count). The molecule has 45 heavy (non-hydrogen) atoms. The lowest BCUT2D eigenvalue weighted by atomic mass is 9.93. The molecule has 0 bridgehead atoms. The molecular weight excluding hydrogens is 592 g/mol. The molecule has 2 saturated carbocycles. The minimum Gasteiger partial charge on any atom is -0.478 e. The van der Waals surface area contributed by atoms with Crippen molar-refractivity contribution < 1.29 is 38.0 Å². The number of hydrogen-bond donors (Lipinski definition) is 0. The highest BCUT2D eigenvalue weighted by atomic mass is 32.2. The monoisotopic (exact) mass is 638 g/mol. The number of hydrogen-bond acceptors (Lipinski definition) is 9. The fraction of sp³-hybridized carbons (Fsp3) is 0.611. The standard InChI is InChI=1S/C36H46O8S/c1-5-34(17-9-10-18-34)43-30(37)22-39-28-16-15-27-33(32(28)40-23-31(38)44-35(6-2)19-11-12-20-35)45-29-14-8-7-13-26(29)36(27)41-24(3)21-25(4)42-36/h7-8,13-16,24-25H,5-6,9-12,17-23H2,1-4H3. The first-order valence-corrected chi connectivity index (χ1v) is 17.5. The third-order valence-corrected chi connectivity index (χ3v) is 11.1. The summed E-state index contributed by atoms with van der Waals surface area (Å²) < 4.78 is 37.8. The van der Waals surface area contributed by atoms with E-state index in [2.05, 4.69) is 27.7 Å². The third-order valence-electron chi connectivity index (χ3n) is 9.94. The number of carbonyl (C=O) groups excluding carboxylic acids is 2. The van der Waals surface area contributed by atoms with Crippen molar-refractivity contribution >= 4 is 23.7 Å². The number of fused-ring (bicyclic) bond motifs is 4. The van der Waals surface area contributed by atoms with E-state index in [1.54, 1.807) is 6.07 Å². The van der Waals surface area contributed by atoms with Crippen molar-refractivity contribution in [3.8, 4) is 11.5 Å². The predicted octanol–water partition coefficient (Wildman–Crippen LogP) is 7.86. The van der Waals surface area contributed by atoms with E-state index in [-0.39, 0.29) is 25.4 Å². The van der Waals surface area contributed by atoms with E-state index in [9.17, 15) is 9.59 Å². The second-order valence-corrected chi connectivity index (χ2v) is 14.1. The number of benzene rings is 2. The Hall–Kier alpha value is -2.75. The van der Waals surface area contributed by atoms with Crippen molar-refractivity contribution in [1.82, 2.24) is 0 Å². The van der Waals surface area contributed by atoms with Crippen molar-refractivity contribution in [3.63, 3.8) is 0 Å². The minimum atomic E-state index is -1.16. The second kappa shape index (κ2) is 13.2. The molecule has 0 aromatic heterocycles. The van der Waals surface area contributed by atoms with Gasteiger partial charge in [0.1, 0.15) is 11.2 Å². The molecule has 0 N–H and O–H groups in total. The predicted molar refractivity (Wildman–Crippen MR) is 170 cm³/mol. The highest BCUT2D eigenvalue weighted by Gasteiger charge is 2.50. The molecule has 2 aliphatic heterocycles. The molecule has 4 aliphatic rings. The van der Waals surface area contributed by atoms with Crippen molar-refractivity contribution in [1.29, 1.82) is 0 Å². The van der Waals surface area contributed by atoms with Crippen molar-refractivity contribution in [2.45, 2.75) is 137 Å². The summed E-state index contributed by atoms with van der Waals surface area (Å²) in [5, 5.41) is 0. The van der Waals surface area contributed by atoms with Crippen LogP contribution in [0.1, 0.15) is 109 Å². The Bertz CT molecular complexity index is 1380. The molecule has 9 heteroatoms. The first-order valence-electron chi connectivity index (χ1n) is 16.7. The van der Waals surface area contributed by atoms with E-state index in [0.717, 1.165) is 91.5 Å². The van der Waals surface area contributed by atoms with Crippen LogP contribution in [0.2, 0.25) is 0 Å². The van der Waals surface area contributed by atoms with Crippen LogP contribution in [0.5, 0.6) is 11.5 Å². The Morgan fingerprint density at radius 3 is 1.91 bits per heavy atom. The van der Waals surface area contributed by atoms with Gasteiger partial charge in [0.25, 0.3) is 0 Å². The molecule has 2 aromatic carbocycles. The van der Waals surface area contributed by atoms with Crippen LogP contribution in [-0.2, 0) is 34.3 Å². The summed E-state index contributed by atoms with van der Waals surface area (Å²) in [4.78, 5) is 27.9. The number of esters is 2. The van der Waals surface area contributed by atoms with Crippen LogP contribution in [0.25, 0.3) is 0 Å². The van der Waals surface area contributed by atoms with Crippen LogP contribution in [0.4, 0.5) is 0 Å². The molecule has 2 unspecified atom stereocenters. The molecule has 2 heterocycles. The van der Waals surface area contributed by atoms with Crippen LogP contribution in [0.3, 0.4) is 0 Å². The van der Waals surface area contributed by atoms with Crippen LogP contribution < -0.4 is 9.47 Å². The lowest BCUT2D eigenvalue weighted by Gasteiger charge is -2.46. The fourth-order valence-electron chi connectivity index (χ4n) is 7.55. The van der Waals surface area contributed by atoms with Crippen LogP contribution in [-0.4, -0.2) is 48.6 Å². The van der Waals surface area contributed by atoms with Crippen LogP contribution in [0.15, 0.2) is 46.2 Å².